The fourth-order valence-electron chi connectivity index (χ4n) is 4.73. The highest BCUT2D eigenvalue weighted by Gasteiger charge is 2.29. The van der Waals surface area contributed by atoms with E-state index in [2.05, 4.69) is 6.92 Å². The first-order chi connectivity index (χ1) is 16.6. The number of benzene rings is 2. The number of rotatable bonds is 6. The van der Waals surface area contributed by atoms with Crippen LogP contribution >= 0.6 is 0 Å². The lowest BCUT2D eigenvalue weighted by atomic mass is 9.82. The van der Waals surface area contributed by atoms with Crippen LogP contribution in [0.15, 0.2) is 48.7 Å². The van der Waals surface area contributed by atoms with E-state index in [1.807, 2.05) is 48.7 Å². The van der Waals surface area contributed by atoms with Crippen molar-refractivity contribution in [2.24, 2.45) is 0 Å². The van der Waals surface area contributed by atoms with Crippen LogP contribution < -0.4 is 14.2 Å². The molecule has 0 amide bonds. The van der Waals surface area contributed by atoms with Gasteiger partial charge in [-0.2, -0.15) is 5.10 Å². The molecule has 4 aromatic rings. The lowest BCUT2D eigenvalue weighted by Gasteiger charge is -2.23. The Morgan fingerprint density at radius 2 is 1.74 bits per heavy atom. The molecule has 0 saturated heterocycles. The van der Waals surface area contributed by atoms with Gasteiger partial charge in [0.15, 0.2) is 22.9 Å². The number of aromatic nitrogens is 3. The van der Waals surface area contributed by atoms with E-state index in [9.17, 15) is 4.79 Å². The molecule has 7 nitrogen and oxygen atoms in total. The Balaban J connectivity index is 1.61. The minimum Gasteiger partial charge on any atom is -0.497 e. The van der Waals surface area contributed by atoms with Gasteiger partial charge in [-0.3, -0.25) is 4.79 Å². The number of carbonyl (C=O) groups excluding carboxylic acids is 1. The molecule has 0 saturated carbocycles. The zero-order valence-corrected chi connectivity index (χ0v) is 19.8. The molecule has 2 heterocycles. The second-order valence-electron chi connectivity index (χ2n) is 8.42. The first kappa shape index (κ1) is 21.9. The van der Waals surface area contributed by atoms with E-state index < -0.39 is 0 Å². The van der Waals surface area contributed by atoms with Gasteiger partial charge in [0.2, 0.25) is 0 Å². The number of ketones is 1. The van der Waals surface area contributed by atoms with Crippen molar-refractivity contribution in [1.82, 2.24) is 14.6 Å². The summed E-state index contributed by atoms with van der Waals surface area (Å²) in [6, 6.07) is 13.8. The van der Waals surface area contributed by atoms with E-state index in [0.717, 1.165) is 45.9 Å². The average molecular weight is 458 g/mol. The first-order valence-corrected chi connectivity index (χ1v) is 11.4. The number of ether oxygens (including phenoxy) is 3. The molecule has 1 atom stereocenters. The average Bonchev–Trinajstić information content (AvgIpc) is 3.24. The SMILES string of the molecule is CCc1nn2cc3c(nc2c1-c1ccc(OC)c(OC)c1)CC(c1ccc(OC)cc1)CC3=O. The molecule has 0 aliphatic heterocycles. The van der Waals surface area contributed by atoms with Crippen LogP contribution in [-0.4, -0.2) is 41.7 Å². The third kappa shape index (κ3) is 3.67. The van der Waals surface area contributed by atoms with E-state index in [-0.39, 0.29) is 11.7 Å². The number of aryl methyl sites for hydroxylation is 1. The normalized spacial score (nSPS) is 15.3. The van der Waals surface area contributed by atoms with Crippen molar-refractivity contribution in [1.29, 1.82) is 0 Å². The molecule has 5 rings (SSSR count). The van der Waals surface area contributed by atoms with Crippen molar-refractivity contribution >= 4 is 11.4 Å². The third-order valence-electron chi connectivity index (χ3n) is 6.53. The molecule has 1 aliphatic carbocycles. The van der Waals surface area contributed by atoms with Crippen molar-refractivity contribution in [3.8, 4) is 28.4 Å². The van der Waals surface area contributed by atoms with Crippen LogP contribution in [0.1, 0.15) is 46.6 Å². The van der Waals surface area contributed by atoms with Gasteiger partial charge in [-0.15, -0.1) is 0 Å². The summed E-state index contributed by atoms with van der Waals surface area (Å²) in [6.07, 6.45) is 3.73. The minimum absolute atomic E-state index is 0.0824. The quantitative estimate of drug-likeness (QED) is 0.410. The fourth-order valence-corrected chi connectivity index (χ4v) is 4.73. The van der Waals surface area contributed by atoms with Crippen molar-refractivity contribution in [2.45, 2.75) is 32.1 Å². The van der Waals surface area contributed by atoms with Crippen molar-refractivity contribution < 1.29 is 19.0 Å². The standard InChI is InChI=1S/C27H27N3O4/c1-5-21-26(17-8-11-24(33-3)25(14-17)34-4)27-28-22-12-18(16-6-9-19(32-2)10-7-16)13-23(31)20(22)15-30(27)29-21/h6-11,14-15,18H,5,12-13H2,1-4H3. The molecule has 0 bridgehead atoms. The van der Waals surface area contributed by atoms with E-state index >= 15 is 0 Å². The summed E-state index contributed by atoms with van der Waals surface area (Å²) in [5.41, 5.74) is 6.14. The summed E-state index contributed by atoms with van der Waals surface area (Å²) < 4.78 is 17.9. The number of fused-ring (bicyclic) bond motifs is 2. The number of Topliss-reactive ketones (excluding diaryl/α,β-unsaturated/α-hetero) is 1. The fraction of sp³-hybridized carbons (Fsp3) is 0.296. The van der Waals surface area contributed by atoms with Gasteiger partial charge in [0.25, 0.3) is 0 Å². The summed E-state index contributed by atoms with van der Waals surface area (Å²) in [5, 5.41) is 4.76. The third-order valence-corrected chi connectivity index (χ3v) is 6.53. The lowest BCUT2D eigenvalue weighted by molar-refractivity contribution is 0.0962. The van der Waals surface area contributed by atoms with Gasteiger partial charge in [0, 0.05) is 18.2 Å². The van der Waals surface area contributed by atoms with Gasteiger partial charge in [0.05, 0.1) is 38.3 Å². The highest BCUT2D eigenvalue weighted by Crippen LogP contribution is 2.37. The minimum atomic E-state index is 0.0824. The summed E-state index contributed by atoms with van der Waals surface area (Å²) in [7, 11) is 4.89. The largest absolute Gasteiger partial charge is 0.497 e. The number of carbonyl (C=O) groups is 1. The molecular weight excluding hydrogens is 430 g/mol. The molecular formula is C27H27N3O4. The molecule has 1 aliphatic rings. The Hall–Kier alpha value is -3.87. The van der Waals surface area contributed by atoms with Gasteiger partial charge < -0.3 is 14.2 Å². The van der Waals surface area contributed by atoms with E-state index in [4.69, 9.17) is 24.3 Å². The number of nitrogens with zero attached hydrogens (tertiary/aromatic N) is 3. The first-order valence-electron chi connectivity index (χ1n) is 11.4. The lowest BCUT2D eigenvalue weighted by Crippen LogP contribution is -2.21. The molecule has 0 radical (unpaired) electrons. The van der Waals surface area contributed by atoms with Crippen LogP contribution in [-0.2, 0) is 12.8 Å². The summed E-state index contributed by atoms with van der Waals surface area (Å²) in [5.74, 6) is 2.29. The highest BCUT2D eigenvalue weighted by molar-refractivity contribution is 5.99. The second kappa shape index (κ2) is 8.82. The maximum absolute atomic E-state index is 13.1. The summed E-state index contributed by atoms with van der Waals surface area (Å²) in [4.78, 5) is 18.1. The van der Waals surface area contributed by atoms with Crippen molar-refractivity contribution in [2.75, 3.05) is 21.3 Å². The number of methoxy groups -OCH3 is 3. The Morgan fingerprint density at radius 1 is 0.971 bits per heavy atom. The zero-order chi connectivity index (χ0) is 23.8. The van der Waals surface area contributed by atoms with Crippen LogP contribution in [0.4, 0.5) is 0 Å². The van der Waals surface area contributed by atoms with E-state index in [1.165, 1.54) is 0 Å². The molecule has 0 N–H and O–H groups in total. The Kier molecular flexibility index (Phi) is 5.69. The maximum Gasteiger partial charge on any atom is 0.166 e. The predicted molar refractivity (Wildman–Crippen MR) is 129 cm³/mol. The maximum atomic E-state index is 13.1. The Labute approximate surface area is 198 Å². The smallest absolute Gasteiger partial charge is 0.166 e. The van der Waals surface area contributed by atoms with Crippen LogP contribution in [0.3, 0.4) is 0 Å². The number of hydrogen-bond acceptors (Lipinski definition) is 6. The van der Waals surface area contributed by atoms with Gasteiger partial charge in [-0.05, 0) is 54.2 Å². The van der Waals surface area contributed by atoms with E-state index in [1.54, 1.807) is 25.8 Å². The molecule has 34 heavy (non-hydrogen) atoms. The second-order valence-corrected chi connectivity index (χ2v) is 8.42. The van der Waals surface area contributed by atoms with Gasteiger partial charge >= 0.3 is 0 Å². The molecule has 2 aromatic heterocycles. The summed E-state index contributed by atoms with van der Waals surface area (Å²) >= 11 is 0. The van der Waals surface area contributed by atoms with Gasteiger partial charge in [0.1, 0.15) is 5.75 Å². The topological polar surface area (TPSA) is 75.0 Å². The van der Waals surface area contributed by atoms with Crippen LogP contribution in [0, 0.1) is 0 Å². The van der Waals surface area contributed by atoms with Crippen LogP contribution in [0.25, 0.3) is 16.8 Å². The van der Waals surface area contributed by atoms with Gasteiger partial charge in [-0.25, -0.2) is 9.50 Å². The van der Waals surface area contributed by atoms with Crippen LogP contribution in [0.5, 0.6) is 17.2 Å². The Bertz CT molecular complexity index is 1380. The molecule has 0 spiro atoms. The van der Waals surface area contributed by atoms with E-state index in [0.29, 0.717) is 29.9 Å². The zero-order valence-electron chi connectivity index (χ0n) is 19.8. The predicted octanol–water partition coefficient (Wildman–Crippen LogP) is 4.90. The van der Waals surface area contributed by atoms with Crippen molar-refractivity contribution in [3.63, 3.8) is 0 Å². The molecule has 2 aromatic carbocycles. The highest BCUT2D eigenvalue weighted by atomic mass is 16.5. The van der Waals surface area contributed by atoms with Gasteiger partial charge in [-0.1, -0.05) is 25.1 Å². The summed E-state index contributed by atoms with van der Waals surface area (Å²) in [6.45, 7) is 2.07. The molecule has 1 unspecified atom stereocenters. The molecule has 174 valence electrons. The Morgan fingerprint density at radius 3 is 2.41 bits per heavy atom. The molecule has 7 heteroatoms. The monoisotopic (exact) mass is 457 g/mol. The van der Waals surface area contributed by atoms with Crippen molar-refractivity contribution in [3.05, 3.63) is 71.2 Å². The number of hydrogen-bond donors (Lipinski definition) is 0. The van der Waals surface area contributed by atoms with Crippen LogP contribution in [0.2, 0.25) is 0 Å². The molecule has 0 fully saturated rings.